The lowest BCUT2D eigenvalue weighted by Gasteiger charge is -2.41. The molecule has 0 spiro atoms. The molecule has 0 aliphatic carbocycles. The number of nitrogens with one attached hydrogen (secondary N) is 2. The normalized spacial score (nSPS) is 18.5. The Morgan fingerprint density at radius 2 is 1.90 bits per heavy atom. The van der Waals surface area contributed by atoms with Crippen LogP contribution in [0.3, 0.4) is 0 Å². The number of aromatic nitrogens is 2. The third-order valence-electron chi connectivity index (χ3n) is 6.83. The second-order valence-corrected chi connectivity index (χ2v) is 9.80. The number of benzene rings is 2. The molecule has 39 heavy (non-hydrogen) atoms. The zero-order valence-corrected chi connectivity index (χ0v) is 23.2. The second-order valence-electron chi connectivity index (χ2n) is 9.80. The molecule has 2 N–H and O–H groups in total. The van der Waals surface area contributed by atoms with Crippen molar-refractivity contribution >= 4 is 23.0 Å². The Morgan fingerprint density at radius 1 is 1.13 bits per heavy atom. The molecule has 2 atom stereocenters. The molecule has 0 unspecified atom stereocenters. The number of hydrogen-bond donors (Lipinski definition) is 2. The molecule has 0 saturated carbocycles. The SMILES string of the molecule is COC.COc1cccc(F)c1-c1nccc(C(=O)Nc2ccc(N3CCC3)cc2N2C[C@H](C)NC[C@@H]2C)n1. The van der Waals surface area contributed by atoms with Crippen molar-refractivity contribution in [3.8, 4) is 17.1 Å². The molecular formula is C29H37FN6O3. The molecule has 2 saturated heterocycles. The average molecular weight is 537 g/mol. The maximum absolute atomic E-state index is 14.6. The number of anilines is 3. The minimum Gasteiger partial charge on any atom is -0.496 e. The highest BCUT2D eigenvalue weighted by atomic mass is 19.1. The van der Waals surface area contributed by atoms with Crippen LogP contribution in [0.2, 0.25) is 0 Å². The van der Waals surface area contributed by atoms with Crippen molar-refractivity contribution in [3.05, 3.63) is 60.2 Å². The molecule has 2 aliphatic heterocycles. The molecule has 2 aliphatic rings. The lowest BCUT2D eigenvalue weighted by molar-refractivity contribution is 0.102. The third kappa shape index (κ3) is 6.46. The van der Waals surface area contributed by atoms with E-state index in [-0.39, 0.29) is 29.0 Å². The van der Waals surface area contributed by atoms with Crippen LogP contribution in [0.15, 0.2) is 48.7 Å². The molecule has 2 fully saturated rings. The van der Waals surface area contributed by atoms with Gasteiger partial charge in [0, 0.05) is 64.4 Å². The highest BCUT2D eigenvalue weighted by Gasteiger charge is 2.27. The Kier molecular flexibility index (Phi) is 9.32. The van der Waals surface area contributed by atoms with Crippen molar-refractivity contribution in [2.45, 2.75) is 32.4 Å². The summed E-state index contributed by atoms with van der Waals surface area (Å²) in [5.74, 6) is -0.505. The fourth-order valence-corrected chi connectivity index (χ4v) is 4.68. The van der Waals surface area contributed by atoms with Crippen LogP contribution in [0.4, 0.5) is 21.5 Å². The van der Waals surface area contributed by atoms with E-state index in [1.165, 1.54) is 31.9 Å². The van der Waals surface area contributed by atoms with Crippen LogP contribution >= 0.6 is 0 Å². The van der Waals surface area contributed by atoms with Crippen LogP contribution in [0.5, 0.6) is 5.75 Å². The minimum absolute atomic E-state index is 0.0931. The van der Waals surface area contributed by atoms with Gasteiger partial charge in [0.2, 0.25) is 0 Å². The predicted molar refractivity (Wildman–Crippen MR) is 152 cm³/mol. The summed E-state index contributed by atoms with van der Waals surface area (Å²) in [5.41, 5.74) is 3.12. The number of amides is 1. The van der Waals surface area contributed by atoms with Gasteiger partial charge in [0.05, 0.1) is 24.0 Å². The highest BCUT2D eigenvalue weighted by molar-refractivity contribution is 6.05. The van der Waals surface area contributed by atoms with E-state index >= 15 is 0 Å². The summed E-state index contributed by atoms with van der Waals surface area (Å²) in [6.45, 7) is 8.12. The van der Waals surface area contributed by atoms with Crippen LogP contribution < -0.4 is 25.2 Å². The molecule has 208 valence electrons. The molecule has 1 amide bonds. The summed E-state index contributed by atoms with van der Waals surface area (Å²) in [5, 5.41) is 6.56. The third-order valence-corrected chi connectivity index (χ3v) is 6.83. The van der Waals surface area contributed by atoms with Crippen LogP contribution in [-0.2, 0) is 4.74 Å². The number of nitrogens with zero attached hydrogens (tertiary/aromatic N) is 4. The van der Waals surface area contributed by atoms with E-state index in [9.17, 15) is 9.18 Å². The maximum atomic E-state index is 14.6. The van der Waals surface area contributed by atoms with Gasteiger partial charge in [0.25, 0.3) is 5.91 Å². The number of hydrogen-bond acceptors (Lipinski definition) is 8. The van der Waals surface area contributed by atoms with Gasteiger partial charge in [-0.2, -0.15) is 0 Å². The van der Waals surface area contributed by atoms with Gasteiger partial charge in [0.1, 0.15) is 17.3 Å². The molecule has 0 radical (unpaired) electrons. The van der Waals surface area contributed by atoms with E-state index in [1.807, 2.05) is 12.1 Å². The highest BCUT2D eigenvalue weighted by Crippen LogP contribution is 2.35. The molecular weight excluding hydrogens is 499 g/mol. The lowest BCUT2D eigenvalue weighted by atomic mass is 10.1. The Hall–Kier alpha value is -3.76. The number of ether oxygens (including phenoxy) is 2. The minimum atomic E-state index is -0.516. The van der Waals surface area contributed by atoms with Crippen molar-refractivity contribution in [1.82, 2.24) is 15.3 Å². The summed E-state index contributed by atoms with van der Waals surface area (Å²) in [6.07, 6.45) is 2.65. The molecule has 3 heterocycles. The van der Waals surface area contributed by atoms with E-state index in [0.717, 1.165) is 37.6 Å². The zero-order chi connectivity index (χ0) is 27.9. The molecule has 10 heteroatoms. The second kappa shape index (κ2) is 12.9. The first-order chi connectivity index (χ1) is 18.9. The first kappa shape index (κ1) is 28.3. The summed E-state index contributed by atoms with van der Waals surface area (Å²) in [4.78, 5) is 26.6. The number of carbonyl (C=O) groups is 1. The van der Waals surface area contributed by atoms with Crippen LogP contribution in [0.1, 0.15) is 30.8 Å². The Balaban J connectivity index is 0.00000112. The van der Waals surface area contributed by atoms with E-state index in [1.54, 1.807) is 26.4 Å². The summed E-state index contributed by atoms with van der Waals surface area (Å²) < 4.78 is 24.1. The topological polar surface area (TPSA) is 91.9 Å². The quantitative estimate of drug-likeness (QED) is 0.484. The monoisotopic (exact) mass is 536 g/mol. The van der Waals surface area contributed by atoms with Crippen LogP contribution in [0, 0.1) is 5.82 Å². The lowest BCUT2D eigenvalue weighted by Crippen LogP contribution is -2.54. The summed E-state index contributed by atoms with van der Waals surface area (Å²) in [6, 6.07) is 12.8. The van der Waals surface area contributed by atoms with E-state index in [0.29, 0.717) is 17.5 Å². The van der Waals surface area contributed by atoms with Crippen LogP contribution in [-0.4, -0.2) is 75.5 Å². The van der Waals surface area contributed by atoms with E-state index < -0.39 is 5.82 Å². The van der Waals surface area contributed by atoms with Crippen molar-refractivity contribution in [3.63, 3.8) is 0 Å². The number of rotatable bonds is 6. The largest absolute Gasteiger partial charge is 0.496 e. The van der Waals surface area contributed by atoms with Crippen molar-refractivity contribution in [2.24, 2.45) is 0 Å². The summed E-state index contributed by atoms with van der Waals surface area (Å²) >= 11 is 0. The van der Waals surface area contributed by atoms with Crippen molar-refractivity contribution < 1.29 is 18.7 Å². The summed E-state index contributed by atoms with van der Waals surface area (Å²) in [7, 11) is 4.71. The standard InChI is InChI=1S/C27H31FN6O2.C2H6O/c1-17-16-34(18(2)15-30-17)23-14-19(33-12-5-13-33)8-9-21(23)32-27(35)22-10-11-29-26(31-22)25-20(28)6-4-7-24(25)36-3;1-3-2/h4,6-11,14,17-18,30H,5,12-13,15-16H2,1-3H3,(H,32,35);1-2H3/t17-,18-;/m0./s1. The fraction of sp³-hybridized carbons (Fsp3) is 0.414. The van der Waals surface area contributed by atoms with E-state index in [2.05, 4.69) is 55.1 Å². The van der Waals surface area contributed by atoms with Gasteiger partial charge in [-0.1, -0.05) is 6.07 Å². The van der Waals surface area contributed by atoms with Gasteiger partial charge in [-0.3, -0.25) is 4.79 Å². The van der Waals surface area contributed by atoms with E-state index in [4.69, 9.17) is 4.74 Å². The Morgan fingerprint density at radius 3 is 2.59 bits per heavy atom. The van der Waals surface area contributed by atoms with Gasteiger partial charge >= 0.3 is 0 Å². The number of methoxy groups -OCH3 is 2. The molecule has 5 rings (SSSR count). The molecule has 3 aromatic rings. The Labute approximate surface area is 229 Å². The number of carbonyl (C=O) groups excluding carboxylic acids is 1. The predicted octanol–water partition coefficient (Wildman–Crippen LogP) is 4.20. The van der Waals surface area contributed by atoms with Crippen molar-refractivity contribution in [2.75, 3.05) is 62.6 Å². The van der Waals surface area contributed by atoms with Gasteiger partial charge in [0.15, 0.2) is 5.82 Å². The fourth-order valence-electron chi connectivity index (χ4n) is 4.68. The van der Waals surface area contributed by atoms with Gasteiger partial charge in [-0.15, -0.1) is 0 Å². The first-order valence-electron chi connectivity index (χ1n) is 13.1. The first-order valence-corrected chi connectivity index (χ1v) is 13.1. The van der Waals surface area contributed by atoms with Gasteiger partial charge < -0.3 is 29.9 Å². The van der Waals surface area contributed by atoms with Crippen LogP contribution in [0.25, 0.3) is 11.4 Å². The number of halogens is 1. The smallest absolute Gasteiger partial charge is 0.274 e. The molecule has 9 nitrogen and oxygen atoms in total. The molecule has 2 aromatic carbocycles. The zero-order valence-electron chi connectivity index (χ0n) is 23.2. The Bertz CT molecular complexity index is 1290. The van der Waals surface area contributed by atoms with Gasteiger partial charge in [-0.05, 0) is 56.7 Å². The number of piperazine rings is 1. The van der Waals surface area contributed by atoms with Crippen molar-refractivity contribution in [1.29, 1.82) is 0 Å². The molecule has 1 aromatic heterocycles. The van der Waals surface area contributed by atoms with Gasteiger partial charge in [-0.25, -0.2) is 14.4 Å². The molecule has 0 bridgehead atoms. The average Bonchev–Trinajstić information content (AvgIpc) is 2.90. The maximum Gasteiger partial charge on any atom is 0.274 e.